The number of nitrogens with one attached hydrogen (secondary N) is 2. The Kier molecular flexibility index (Phi) is 5.23. The van der Waals surface area contributed by atoms with E-state index in [1.165, 1.54) is 0 Å². The largest absolute Gasteiger partial charge is 0.383 e. The number of aromatic nitrogens is 3. The predicted molar refractivity (Wildman–Crippen MR) is 91.4 cm³/mol. The van der Waals surface area contributed by atoms with Crippen LogP contribution < -0.4 is 10.6 Å². The van der Waals surface area contributed by atoms with Gasteiger partial charge in [0.05, 0.1) is 12.7 Å². The number of urea groups is 1. The monoisotopic (exact) mass is 331 g/mol. The average molecular weight is 331 g/mol. The summed E-state index contributed by atoms with van der Waals surface area (Å²) in [4.78, 5) is 16.0. The smallest absolute Gasteiger partial charge is 0.314 e. The molecule has 3 N–H and O–H groups in total. The molecule has 0 saturated carbocycles. The summed E-state index contributed by atoms with van der Waals surface area (Å²) in [6.07, 6.45) is 6.79. The fourth-order valence-corrected chi connectivity index (χ4v) is 2.32. The molecular weight excluding hydrogens is 306 g/mol. The van der Waals surface area contributed by atoms with Crippen molar-refractivity contribution in [2.75, 3.05) is 13.1 Å². The van der Waals surface area contributed by atoms with Crippen LogP contribution in [-0.2, 0) is 18.1 Å². The van der Waals surface area contributed by atoms with Crippen LogP contribution in [0.5, 0.6) is 0 Å². The number of pyridine rings is 1. The van der Waals surface area contributed by atoms with Crippen molar-refractivity contribution in [2.24, 2.45) is 7.05 Å². The van der Waals surface area contributed by atoms with Crippen LogP contribution in [0.3, 0.4) is 0 Å². The number of hydrogen-bond acceptors (Lipinski definition) is 4. The van der Waals surface area contributed by atoms with Crippen molar-refractivity contribution in [3.63, 3.8) is 0 Å². The van der Waals surface area contributed by atoms with E-state index in [0.717, 1.165) is 5.56 Å². The van der Waals surface area contributed by atoms with Gasteiger partial charge in [0.1, 0.15) is 5.60 Å². The van der Waals surface area contributed by atoms with Gasteiger partial charge in [-0.2, -0.15) is 5.10 Å². The summed E-state index contributed by atoms with van der Waals surface area (Å²) in [6.45, 7) is 6.31. The number of rotatable bonds is 6. The lowest BCUT2D eigenvalue weighted by Crippen LogP contribution is -2.46. The van der Waals surface area contributed by atoms with Crippen LogP contribution in [0, 0.1) is 0 Å². The van der Waals surface area contributed by atoms with Gasteiger partial charge in [0.15, 0.2) is 0 Å². The summed E-state index contributed by atoms with van der Waals surface area (Å²) in [5.74, 6) is 0. The molecule has 2 aromatic rings. The lowest BCUT2D eigenvalue weighted by atomic mass is 9.85. The molecule has 0 aliphatic carbocycles. The first-order valence-electron chi connectivity index (χ1n) is 7.84. The molecule has 2 heterocycles. The van der Waals surface area contributed by atoms with E-state index in [0.29, 0.717) is 12.1 Å². The summed E-state index contributed by atoms with van der Waals surface area (Å²) in [6, 6.07) is 3.56. The zero-order valence-corrected chi connectivity index (χ0v) is 14.6. The molecule has 0 spiro atoms. The van der Waals surface area contributed by atoms with Crippen molar-refractivity contribution >= 4 is 6.03 Å². The molecule has 130 valence electrons. The van der Waals surface area contributed by atoms with Gasteiger partial charge in [0.2, 0.25) is 0 Å². The third-order valence-electron chi connectivity index (χ3n) is 4.07. The van der Waals surface area contributed by atoms with E-state index in [2.05, 4.69) is 34.6 Å². The van der Waals surface area contributed by atoms with Gasteiger partial charge < -0.3 is 15.7 Å². The van der Waals surface area contributed by atoms with Gasteiger partial charge in [-0.05, 0) is 24.6 Å². The molecule has 0 saturated heterocycles. The molecule has 0 bridgehead atoms. The normalized spacial score (nSPS) is 14.0. The number of aryl methyl sites for hydroxylation is 1. The van der Waals surface area contributed by atoms with Gasteiger partial charge in [0.25, 0.3) is 0 Å². The summed E-state index contributed by atoms with van der Waals surface area (Å²) in [5, 5.41) is 20.0. The second-order valence-electron chi connectivity index (χ2n) is 6.83. The number of carbonyl (C=O) groups excluding carboxylic acids is 1. The molecular formula is C17H25N5O2. The third-order valence-corrected chi connectivity index (χ3v) is 4.07. The van der Waals surface area contributed by atoms with Crippen LogP contribution in [0.25, 0.3) is 0 Å². The Morgan fingerprint density at radius 3 is 2.38 bits per heavy atom. The second-order valence-corrected chi connectivity index (χ2v) is 6.83. The van der Waals surface area contributed by atoms with Gasteiger partial charge in [-0.1, -0.05) is 13.8 Å². The van der Waals surface area contributed by atoms with Crippen LogP contribution >= 0.6 is 0 Å². The zero-order chi connectivity index (χ0) is 17.8. The first-order chi connectivity index (χ1) is 11.2. The maximum absolute atomic E-state index is 12.0. The number of carbonyl (C=O) groups is 1. The minimum atomic E-state index is -1.17. The lowest BCUT2D eigenvalue weighted by Gasteiger charge is -2.26. The summed E-state index contributed by atoms with van der Waals surface area (Å²) >= 11 is 0. The third kappa shape index (κ3) is 4.55. The lowest BCUT2D eigenvalue weighted by molar-refractivity contribution is 0.0593. The van der Waals surface area contributed by atoms with Crippen LogP contribution in [0.1, 0.15) is 31.9 Å². The van der Waals surface area contributed by atoms with E-state index >= 15 is 0 Å². The number of amides is 2. The van der Waals surface area contributed by atoms with Crippen LogP contribution in [0.15, 0.2) is 36.9 Å². The van der Waals surface area contributed by atoms with Crippen molar-refractivity contribution < 1.29 is 9.90 Å². The standard InChI is InChI=1S/C17H25N5O2/c1-16(2,13-5-7-18-8-6-13)11-19-15(23)20-12-17(3,24)14-9-21-22(4)10-14/h5-10,24H,11-12H2,1-4H3,(H2,19,20,23). The molecule has 1 unspecified atom stereocenters. The first kappa shape index (κ1) is 17.9. The predicted octanol–water partition coefficient (Wildman–Crippen LogP) is 1.30. The maximum Gasteiger partial charge on any atom is 0.314 e. The highest BCUT2D eigenvalue weighted by atomic mass is 16.3. The summed E-state index contributed by atoms with van der Waals surface area (Å²) in [5.41, 5.74) is 0.362. The molecule has 2 rings (SSSR count). The number of nitrogens with zero attached hydrogens (tertiary/aromatic N) is 3. The van der Waals surface area contributed by atoms with Crippen molar-refractivity contribution in [1.29, 1.82) is 0 Å². The Morgan fingerprint density at radius 2 is 1.79 bits per heavy atom. The minimum Gasteiger partial charge on any atom is -0.383 e. The van der Waals surface area contributed by atoms with E-state index in [9.17, 15) is 9.90 Å². The molecule has 7 heteroatoms. The van der Waals surface area contributed by atoms with Gasteiger partial charge in [-0.3, -0.25) is 9.67 Å². The van der Waals surface area contributed by atoms with Crippen molar-refractivity contribution in [2.45, 2.75) is 31.8 Å². The molecule has 2 aromatic heterocycles. The van der Waals surface area contributed by atoms with Crippen LogP contribution in [-0.4, -0.2) is 39.0 Å². The highest BCUT2D eigenvalue weighted by Crippen LogP contribution is 2.21. The fraction of sp³-hybridized carbons (Fsp3) is 0.471. The van der Waals surface area contributed by atoms with Gasteiger partial charge in [-0.25, -0.2) is 4.79 Å². The summed E-state index contributed by atoms with van der Waals surface area (Å²) < 4.78 is 1.61. The minimum absolute atomic E-state index is 0.0974. The van der Waals surface area contributed by atoms with Crippen LogP contribution in [0.2, 0.25) is 0 Å². The van der Waals surface area contributed by atoms with Gasteiger partial charge >= 0.3 is 6.03 Å². The van der Waals surface area contributed by atoms with Gasteiger partial charge in [-0.15, -0.1) is 0 Å². The van der Waals surface area contributed by atoms with Crippen molar-refractivity contribution in [1.82, 2.24) is 25.4 Å². The number of hydrogen-bond donors (Lipinski definition) is 3. The van der Waals surface area contributed by atoms with Crippen LogP contribution in [0.4, 0.5) is 4.79 Å². The Hall–Kier alpha value is -2.41. The molecule has 1 atom stereocenters. The SMILES string of the molecule is Cn1cc(C(C)(O)CNC(=O)NCC(C)(C)c2ccncc2)cn1. The molecule has 0 aliphatic rings. The van der Waals surface area contributed by atoms with E-state index in [1.807, 2.05) is 12.1 Å². The topological polar surface area (TPSA) is 92.1 Å². The number of aliphatic hydroxyl groups is 1. The quantitative estimate of drug-likeness (QED) is 0.744. The Balaban J connectivity index is 1.85. The van der Waals surface area contributed by atoms with E-state index in [1.54, 1.807) is 43.4 Å². The van der Waals surface area contributed by atoms with E-state index in [4.69, 9.17) is 0 Å². The molecule has 0 aliphatic heterocycles. The zero-order valence-electron chi connectivity index (χ0n) is 14.6. The fourth-order valence-electron chi connectivity index (χ4n) is 2.32. The Bertz CT molecular complexity index is 679. The van der Waals surface area contributed by atoms with E-state index < -0.39 is 5.60 Å². The Morgan fingerprint density at radius 1 is 1.17 bits per heavy atom. The molecule has 2 amide bonds. The molecule has 7 nitrogen and oxygen atoms in total. The molecule has 0 radical (unpaired) electrons. The van der Waals surface area contributed by atoms with Gasteiger partial charge in [0, 0.05) is 43.2 Å². The second kappa shape index (κ2) is 7.00. The molecule has 0 fully saturated rings. The summed E-state index contributed by atoms with van der Waals surface area (Å²) in [7, 11) is 1.78. The first-order valence-corrected chi connectivity index (χ1v) is 7.84. The highest BCUT2D eigenvalue weighted by Gasteiger charge is 2.26. The molecule has 24 heavy (non-hydrogen) atoms. The molecule has 0 aromatic carbocycles. The van der Waals surface area contributed by atoms with Crippen molar-refractivity contribution in [3.8, 4) is 0 Å². The van der Waals surface area contributed by atoms with Crippen molar-refractivity contribution in [3.05, 3.63) is 48.0 Å². The maximum atomic E-state index is 12.0. The van der Waals surface area contributed by atoms with E-state index in [-0.39, 0.29) is 18.0 Å². The average Bonchev–Trinajstić information content (AvgIpc) is 2.99. The highest BCUT2D eigenvalue weighted by molar-refractivity contribution is 5.74. The Labute approximate surface area is 142 Å².